The van der Waals surface area contributed by atoms with Crippen LogP contribution in [0.25, 0.3) is 0 Å². The summed E-state index contributed by atoms with van der Waals surface area (Å²) in [6.07, 6.45) is 3.44. The van der Waals surface area contributed by atoms with Crippen molar-refractivity contribution in [3.8, 4) is 0 Å². The number of hydrogen-bond acceptors (Lipinski definition) is 1. The Morgan fingerprint density at radius 3 is 2.29 bits per heavy atom. The van der Waals surface area contributed by atoms with Gasteiger partial charge in [0, 0.05) is 10.5 Å². The van der Waals surface area contributed by atoms with Gasteiger partial charge in [-0.1, -0.05) is 55.3 Å². The quantitative estimate of drug-likeness (QED) is 0.804. The second-order valence-electron chi connectivity index (χ2n) is 7.21. The minimum atomic E-state index is -0.930. The lowest BCUT2D eigenvalue weighted by Gasteiger charge is -2.47. The van der Waals surface area contributed by atoms with Gasteiger partial charge < -0.3 is 10.4 Å². The van der Waals surface area contributed by atoms with Gasteiger partial charge in [0.15, 0.2) is 0 Å². The fourth-order valence-electron chi connectivity index (χ4n) is 3.13. The van der Waals surface area contributed by atoms with E-state index in [0.717, 1.165) is 23.7 Å². The lowest BCUT2D eigenvalue weighted by atomic mass is 9.59. The van der Waals surface area contributed by atoms with Crippen molar-refractivity contribution in [3.05, 3.63) is 34.3 Å². The van der Waals surface area contributed by atoms with Crippen LogP contribution in [-0.2, 0) is 5.41 Å². The molecule has 1 unspecified atom stereocenters. The molecule has 1 atom stereocenters. The van der Waals surface area contributed by atoms with E-state index in [1.165, 1.54) is 12.0 Å². The number of amides is 1. The lowest BCUT2D eigenvalue weighted by molar-refractivity contribution is 0.134. The van der Waals surface area contributed by atoms with Crippen molar-refractivity contribution >= 4 is 22.0 Å². The van der Waals surface area contributed by atoms with Crippen LogP contribution in [0.5, 0.6) is 0 Å². The van der Waals surface area contributed by atoms with Crippen molar-refractivity contribution in [3.63, 3.8) is 0 Å². The molecule has 0 aliphatic heterocycles. The van der Waals surface area contributed by atoms with Gasteiger partial charge in [-0.05, 0) is 47.8 Å². The minimum Gasteiger partial charge on any atom is -0.465 e. The van der Waals surface area contributed by atoms with Crippen LogP contribution in [0, 0.1) is 5.41 Å². The summed E-state index contributed by atoms with van der Waals surface area (Å²) in [4.78, 5) is 11.1. The maximum atomic E-state index is 11.1. The fourth-order valence-corrected chi connectivity index (χ4v) is 3.40. The van der Waals surface area contributed by atoms with E-state index in [-0.39, 0.29) is 16.9 Å². The Hall–Kier alpha value is -1.03. The first-order chi connectivity index (χ1) is 9.73. The summed E-state index contributed by atoms with van der Waals surface area (Å²) >= 11 is 3.48. The van der Waals surface area contributed by atoms with E-state index in [2.05, 4.69) is 66.3 Å². The maximum absolute atomic E-state index is 11.1. The molecule has 1 saturated carbocycles. The molecule has 1 aromatic rings. The van der Waals surface area contributed by atoms with Gasteiger partial charge in [0.1, 0.15) is 0 Å². The van der Waals surface area contributed by atoms with Crippen molar-refractivity contribution in [2.24, 2.45) is 5.41 Å². The zero-order valence-electron chi connectivity index (χ0n) is 12.9. The summed E-state index contributed by atoms with van der Waals surface area (Å²) < 4.78 is 1.08. The average Bonchev–Trinajstić information content (AvgIpc) is 2.32. The van der Waals surface area contributed by atoms with Crippen molar-refractivity contribution in [1.29, 1.82) is 0 Å². The summed E-state index contributed by atoms with van der Waals surface area (Å²) in [5, 5.41) is 11.9. The zero-order valence-corrected chi connectivity index (χ0v) is 14.5. The van der Waals surface area contributed by atoms with Crippen molar-refractivity contribution in [2.75, 3.05) is 0 Å². The van der Waals surface area contributed by atoms with Gasteiger partial charge in [-0.15, -0.1) is 0 Å². The molecule has 1 aliphatic rings. The third-order valence-corrected chi connectivity index (χ3v) is 5.23. The number of nitrogens with one attached hydrogen (secondary N) is 1. The molecular weight excluding hydrogens is 330 g/mol. The molecule has 116 valence electrons. The second kappa shape index (κ2) is 5.99. The third-order valence-electron chi connectivity index (χ3n) is 4.71. The first-order valence-corrected chi connectivity index (χ1v) is 8.28. The molecule has 2 N–H and O–H groups in total. The van der Waals surface area contributed by atoms with Crippen LogP contribution in [-0.4, -0.2) is 17.2 Å². The maximum Gasteiger partial charge on any atom is 0.404 e. The topological polar surface area (TPSA) is 49.3 Å². The Labute approximate surface area is 135 Å². The molecule has 0 saturated heterocycles. The molecule has 4 heteroatoms. The number of carboxylic acid groups (broad SMARTS) is 1. The van der Waals surface area contributed by atoms with Crippen LogP contribution < -0.4 is 5.32 Å². The summed E-state index contributed by atoms with van der Waals surface area (Å²) in [7, 11) is 0. The molecule has 21 heavy (non-hydrogen) atoms. The molecule has 0 bridgehead atoms. The highest BCUT2D eigenvalue weighted by atomic mass is 79.9. The van der Waals surface area contributed by atoms with Crippen LogP contribution in [0.1, 0.15) is 52.0 Å². The SMILES string of the molecule is CC(C)(C)C(CC1(c2ccc(Br)cc2)CCC1)NC(=O)O. The van der Waals surface area contributed by atoms with Gasteiger partial charge >= 0.3 is 6.09 Å². The number of rotatable bonds is 4. The Morgan fingerprint density at radius 2 is 1.90 bits per heavy atom. The van der Waals surface area contributed by atoms with Crippen LogP contribution in [0.15, 0.2) is 28.7 Å². The van der Waals surface area contributed by atoms with Crippen LogP contribution in [0.4, 0.5) is 4.79 Å². The van der Waals surface area contributed by atoms with Gasteiger partial charge in [-0.25, -0.2) is 4.79 Å². The predicted molar refractivity (Wildman–Crippen MR) is 88.7 cm³/mol. The molecule has 0 spiro atoms. The Balaban J connectivity index is 2.23. The highest BCUT2D eigenvalue weighted by molar-refractivity contribution is 9.10. The Bertz CT molecular complexity index is 501. The smallest absolute Gasteiger partial charge is 0.404 e. The van der Waals surface area contributed by atoms with E-state index in [0.29, 0.717) is 0 Å². The monoisotopic (exact) mass is 353 g/mol. The second-order valence-corrected chi connectivity index (χ2v) is 8.13. The van der Waals surface area contributed by atoms with Gasteiger partial charge in [0.25, 0.3) is 0 Å². The van der Waals surface area contributed by atoms with Crippen LogP contribution >= 0.6 is 15.9 Å². The summed E-state index contributed by atoms with van der Waals surface area (Å²) in [5.74, 6) is 0. The number of carbonyl (C=O) groups is 1. The van der Waals surface area contributed by atoms with Gasteiger partial charge in [-0.3, -0.25) is 0 Å². The first kappa shape index (κ1) is 16.3. The largest absolute Gasteiger partial charge is 0.465 e. The number of hydrogen-bond donors (Lipinski definition) is 2. The van der Waals surface area contributed by atoms with E-state index >= 15 is 0 Å². The van der Waals surface area contributed by atoms with E-state index in [1.54, 1.807) is 0 Å². The van der Waals surface area contributed by atoms with Crippen molar-refractivity contribution in [2.45, 2.75) is 57.9 Å². The van der Waals surface area contributed by atoms with E-state index < -0.39 is 6.09 Å². The van der Waals surface area contributed by atoms with E-state index in [9.17, 15) is 4.79 Å². The van der Waals surface area contributed by atoms with Crippen molar-refractivity contribution in [1.82, 2.24) is 5.32 Å². The number of halogens is 1. The molecule has 1 fully saturated rings. The first-order valence-electron chi connectivity index (χ1n) is 7.48. The van der Waals surface area contributed by atoms with Crippen LogP contribution in [0.3, 0.4) is 0 Å². The van der Waals surface area contributed by atoms with Gasteiger partial charge in [0.05, 0.1) is 0 Å². The minimum absolute atomic E-state index is 0.0426. The van der Waals surface area contributed by atoms with Gasteiger partial charge in [-0.2, -0.15) is 0 Å². The van der Waals surface area contributed by atoms with E-state index in [4.69, 9.17) is 5.11 Å². The Kier molecular flexibility index (Phi) is 4.66. The normalized spacial score (nSPS) is 18.7. The molecule has 1 aliphatic carbocycles. The molecule has 0 heterocycles. The molecule has 3 nitrogen and oxygen atoms in total. The lowest BCUT2D eigenvalue weighted by Crippen LogP contribution is -2.49. The zero-order chi connectivity index (χ0) is 15.7. The molecule has 1 aromatic carbocycles. The van der Waals surface area contributed by atoms with Crippen LogP contribution in [0.2, 0.25) is 0 Å². The fraction of sp³-hybridized carbons (Fsp3) is 0.588. The molecule has 2 rings (SSSR count). The summed E-state index contributed by atoms with van der Waals surface area (Å²) in [5.41, 5.74) is 1.37. The highest BCUT2D eigenvalue weighted by Crippen LogP contribution is 2.49. The number of benzene rings is 1. The Morgan fingerprint density at radius 1 is 1.33 bits per heavy atom. The summed E-state index contributed by atoms with van der Waals surface area (Å²) in [6.45, 7) is 6.30. The molecular formula is C17H24BrNO2. The predicted octanol–water partition coefficient (Wildman–Crippen LogP) is 4.94. The highest BCUT2D eigenvalue weighted by Gasteiger charge is 2.43. The standard InChI is InChI=1S/C17H24BrNO2/c1-16(2,3)14(19-15(20)21)11-17(9-4-10-17)12-5-7-13(18)8-6-12/h5-8,14,19H,4,9-11H2,1-3H3,(H,20,21). The molecule has 0 radical (unpaired) electrons. The average molecular weight is 354 g/mol. The summed E-state index contributed by atoms with van der Waals surface area (Å²) in [6, 6.07) is 8.45. The van der Waals surface area contributed by atoms with Gasteiger partial charge in [0.2, 0.25) is 0 Å². The third kappa shape index (κ3) is 3.79. The van der Waals surface area contributed by atoms with E-state index in [1.807, 2.05) is 0 Å². The molecule has 0 aromatic heterocycles. The molecule has 1 amide bonds. The van der Waals surface area contributed by atoms with Crippen molar-refractivity contribution < 1.29 is 9.90 Å².